The maximum absolute atomic E-state index is 6.15. The van der Waals surface area contributed by atoms with Crippen molar-refractivity contribution in [3.63, 3.8) is 0 Å². The third-order valence-electron chi connectivity index (χ3n) is 2.88. The molecule has 0 aliphatic rings. The molecule has 0 radical (unpaired) electrons. The van der Waals surface area contributed by atoms with E-state index in [1.807, 2.05) is 36.9 Å². The van der Waals surface area contributed by atoms with Crippen LogP contribution in [0.5, 0.6) is 5.75 Å². The molecular formula is C13H15BrClN3O. The summed E-state index contributed by atoms with van der Waals surface area (Å²) < 4.78 is 8.05. The summed E-state index contributed by atoms with van der Waals surface area (Å²) in [6.45, 7) is 2.59. The van der Waals surface area contributed by atoms with Gasteiger partial charge in [0.25, 0.3) is 0 Å². The zero-order valence-corrected chi connectivity index (χ0v) is 13.3. The number of hydrogen-bond acceptors (Lipinski definition) is 3. The van der Waals surface area contributed by atoms with Gasteiger partial charge in [-0.25, -0.2) is 0 Å². The third kappa shape index (κ3) is 3.04. The summed E-state index contributed by atoms with van der Waals surface area (Å²) in [6, 6.07) is 5.52. The van der Waals surface area contributed by atoms with Crippen LogP contribution in [0, 0.1) is 6.92 Å². The minimum Gasteiger partial charge on any atom is -0.497 e. The molecule has 0 bridgehead atoms. The predicted molar refractivity (Wildman–Crippen MR) is 81.0 cm³/mol. The SMILES string of the molecule is COc1ccc(Cl)c(NCc2c(Br)c(C)nn2C)c1. The molecule has 1 heterocycles. The van der Waals surface area contributed by atoms with Crippen molar-refractivity contribution in [2.24, 2.45) is 7.05 Å². The van der Waals surface area contributed by atoms with Crippen molar-refractivity contribution in [3.05, 3.63) is 39.1 Å². The fourth-order valence-electron chi connectivity index (χ4n) is 1.82. The van der Waals surface area contributed by atoms with Gasteiger partial charge in [0.05, 0.1) is 40.2 Å². The Labute approximate surface area is 125 Å². The van der Waals surface area contributed by atoms with Crippen molar-refractivity contribution in [1.29, 1.82) is 0 Å². The first-order valence-electron chi connectivity index (χ1n) is 5.78. The number of aromatic nitrogens is 2. The zero-order chi connectivity index (χ0) is 14.0. The van der Waals surface area contributed by atoms with E-state index in [1.165, 1.54) is 0 Å². The smallest absolute Gasteiger partial charge is 0.121 e. The van der Waals surface area contributed by atoms with Gasteiger partial charge < -0.3 is 10.1 Å². The highest BCUT2D eigenvalue weighted by atomic mass is 79.9. The number of nitrogens with zero attached hydrogens (tertiary/aromatic N) is 2. The topological polar surface area (TPSA) is 39.1 Å². The Hall–Kier alpha value is -1.20. The summed E-state index contributed by atoms with van der Waals surface area (Å²) in [7, 11) is 3.55. The van der Waals surface area contributed by atoms with E-state index in [0.29, 0.717) is 11.6 Å². The largest absolute Gasteiger partial charge is 0.497 e. The molecule has 19 heavy (non-hydrogen) atoms. The Kier molecular flexibility index (Phi) is 4.37. The lowest BCUT2D eigenvalue weighted by molar-refractivity contribution is 0.415. The van der Waals surface area contributed by atoms with Gasteiger partial charge in [0.2, 0.25) is 0 Å². The molecule has 0 atom stereocenters. The Morgan fingerprint density at radius 1 is 1.47 bits per heavy atom. The Morgan fingerprint density at radius 3 is 2.79 bits per heavy atom. The van der Waals surface area contributed by atoms with Gasteiger partial charge in [-0.1, -0.05) is 11.6 Å². The van der Waals surface area contributed by atoms with Crippen molar-refractivity contribution >= 4 is 33.2 Å². The molecule has 0 fully saturated rings. The molecule has 0 amide bonds. The lowest BCUT2D eigenvalue weighted by Crippen LogP contribution is -2.06. The molecule has 6 heteroatoms. The van der Waals surface area contributed by atoms with Gasteiger partial charge in [-0.15, -0.1) is 0 Å². The molecule has 0 spiro atoms. The third-order valence-corrected chi connectivity index (χ3v) is 4.24. The summed E-state index contributed by atoms with van der Waals surface area (Å²) in [6.07, 6.45) is 0. The average molecular weight is 345 g/mol. The molecule has 0 unspecified atom stereocenters. The summed E-state index contributed by atoms with van der Waals surface area (Å²) in [5.74, 6) is 0.771. The highest BCUT2D eigenvalue weighted by Crippen LogP contribution is 2.28. The lowest BCUT2D eigenvalue weighted by Gasteiger charge is -2.10. The van der Waals surface area contributed by atoms with E-state index < -0.39 is 0 Å². The van der Waals surface area contributed by atoms with Crippen LogP contribution in [0.2, 0.25) is 5.02 Å². The molecule has 1 aromatic heterocycles. The molecule has 0 saturated carbocycles. The van der Waals surface area contributed by atoms with Crippen LogP contribution < -0.4 is 10.1 Å². The molecule has 1 aromatic carbocycles. The van der Waals surface area contributed by atoms with E-state index in [1.54, 1.807) is 7.11 Å². The molecule has 2 rings (SSSR count). The molecule has 102 valence electrons. The average Bonchev–Trinajstić information content (AvgIpc) is 2.63. The lowest BCUT2D eigenvalue weighted by atomic mass is 10.3. The summed E-state index contributed by atoms with van der Waals surface area (Å²) >= 11 is 9.69. The maximum atomic E-state index is 6.15. The number of halogens is 2. The number of nitrogens with one attached hydrogen (secondary N) is 1. The number of anilines is 1. The normalized spacial score (nSPS) is 10.6. The van der Waals surface area contributed by atoms with Gasteiger partial charge in [0, 0.05) is 13.1 Å². The number of rotatable bonds is 4. The first kappa shape index (κ1) is 14.2. The first-order chi connectivity index (χ1) is 9.02. The van der Waals surface area contributed by atoms with Crippen LogP contribution in [0.1, 0.15) is 11.4 Å². The second-order valence-corrected chi connectivity index (χ2v) is 5.37. The van der Waals surface area contributed by atoms with Crippen molar-refractivity contribution in [2.75, 3.05) is 12.4 Å². The van der Waals surface area contributed by atoms with Crippen LogP contribution in [-0.4, -0.2) is 16.9 Å². The van der Waals surface area contributed by atoms with E-state index in [-0.39, 0.29) is 0 Å². The standard InChI is InChI=1S/C13H15BrClN3O/c1-8-13(14)12(18(2)17-8)7-16-11-6-9(19-3)4-5-10(11)15/h4-6,16H,7H2,1-3H3. The summed E-state index contributed by atoms with van der Waals surface area (Å²) in [5, 5.41) is 8.31. The number of benzene rings is 1. The molecule has 0 aliphatic heterocycles. The maximum Gasteiger partial charge on any atom is 0.121 e. The second-order valence-electron chi connectivity index (χ2n) is 4.17. The van der Waals surface area contributed by atoms with Gasteiger partial charge in [0.15, 0.2) is 0 Å². The zero-order valence-electron chi connectivity index (χ0n) is 11.0. The fourth-order valence-corrected chi connectivity index (χ4v) is 2.48. The number of hydrogen-bond donors (Lipinski definition) is 1. The van der Waals surface area contributed by atoms with Gasteiger partial charge in [-0.3, -0.25) is 4.68 Å². The monoisotopic (exact) mass is 343 g/mol. The highest BCUT2D eigenvalue weighted by molar-refractivity contribution is 9.10. The van der Waals surface area contributed by atoms with E-state index in [2.05, 4.69) is 26.3 Å². The van der Waals surface area contributed by atoms with Crippen molar-refractivity contribution in [3.8, 4) is 5.75 Å². The van der Waals surface area contributed by atoms with Crippen LogP contribution in [-0.2, 0) is 13.6 Å². The molecule has 0 saturated heterocycles. The molecule has 0 aliphatic carbocycles. The van der Waals surface area contributed by atoms with Crippen LogP contribution >= 0.6 is 27.5 Å². The van der Waals surface area contributed by atoms with Gasteiger partial charge in [-0.2, -0.15) is 5.10 Å². The highest BCUT2D eigenvalue weighted by Gasteiger charge is 2.11. The number of aryl methyl sites for hydroxylation is 2. The second kappa shape index (κ2) is 5.84. The van der Waals surface area contributed by atoms with Crippen molar-refractivity contribution in [1.82, 2.24) is 9.78 Å². The number of methoxy groups -OCH3 is 1. The quantitative estimate of drug-likeness (QED) is 0.918. The molecule has 4 nitrogen and oxygen atoms in total. The van der Waals surface area contributed by atoms with Crippen LogP contribution in [0.15, 0.2) is 22.7 Å². The summed E-state index contributed by atoms with van der Waals surface area (Å²) in [5.41, 5.74) is 2.87. The van der Waals surface area contributed by atoms with Crippen LogP contribution in [0.4, 0.5) is 5.69 Å². The van der Waals surface area contributed by atoms with Crippen LogP contribution in [0.3, 0.4) is 0 Å². The minimum atomic E-state index is 0.630. The van der Waals surface area contributed by atoms with Crippen molar-refractivity contribution < 1.29 is 4.74 Å². The van der Waals surface area contributed by atoms with E-state index in [0.717, 1.165) is 27.3 Å². The molecular weight excluding hydrogens is 330 g/mol. The van der Waals surface area contributed by atoms with Crippen LogP contribution in [0.25, 0.3) is 0 Å². The first-order valence-corrected chi connectivity index (χ1v) is 6.95. The van der Waals surface area contributed by atoms with E-state index in [9.17, 15) is 0 Å². The minimum absolute atomic E-state index is 0.630. The molecule has 2 aromatic rings. The fraction of sp³-hybridized carbons (Fsp3) is 0.308. The van der Waals surface area contributed by atoms with E-state index in [4.69, 9.17) is 16.3 Å². The summed E-state index contributed by atoms with van der Waals surface area (Å²) in [4.78, 5) is 0. The van der Waals surface area contributed by atoms with Gasteiger partial charge in [-0.05, 0) is 35.0 Å². The Morgan fingerprint density at radius 2 is 2.21 bits per heavy atom. The number of ether oxygens (including phenoxy) is 1. The molecule has 1 N–H and O–H groups in total. The Bertz CT molecular complexity index is 598. The predicted octanol–water partition coefficient (Wildman–Crippen LogP) is 3.77. The van der Waals surface area contributed by atoms with E-state index >= 15 is 0 Å². The van der Waals surface area contributed by atoms with Gasteiger partial charge >= 0.3 is 0 Å². The van der Waals surface area contributed by atoms with Crippen molar-refractivity contribution in [2.45, 2.75) is 13.5 Å². The van der Waals surface area contributed by atoms with Gasteiger partial charge in [0.1, 0.15) is 5.75 Å². The Balaban J connectivity index is 2.18.